The molecule has 1 atom stereocenters. The van der Waals surface area contributed by atoms with Crippen molar-refractivity contribution in [3.8, 4) is 11.5 Å². The maximum absolute atomic E-state index is 12.2. The van der Waals surface area contributed by atoms with Gasteiger partial charge in [-0.05, 0) is 31.2 Å². The van der Waals surface area contributed by atoms with E-state index in [-0.39, 0.29) is 18.0 Å². The molecule has 0 fully saturated rings. The first-order valence-electron chi connectivity index (χ1n) is 8.26. The Morgan fingerprint density at radius 1 is 1.21 bits per heavy atom. The lowest BCUT2D eigenvalue weighted by atomic mass is 10.1. The van der Waals surface area contributed by atoms with Crippen molar-refractivity contribution >= 4 is 29.3 Å². The van der Waals surface area contributed by atoms with Gasteiger partial charge in [-0.25, -0.2) is 4.79 Å². The number of rotatable bonds is 6. The summed E-state index contributed by atoms with van der Waals surface area (Å²) >= 11 is 0. The molecule has 2 aromatic carbocycles. The minimum absolute atomic E-state index is 0.118. The van der Waals surface area contributed by atoms with Crippen LogP contribution in [0.15, 0.2) is 48.5 Å². The molecular weight excluding hydrogens is 368 g/mol. The number of ether oxygens (including phenoxy) is 3. The van der Waals surface area contributed by atoms with E-state index >= 15 is 0 Å². The van der Waals surface area contributed by atoms with Gasteiger partial charge in [0.25, 0.3) is 11.6 Å². The highest BCUT2D eigenvalue weighted by atomic mass is 16.7. The lowest BCUT2D eigenvalue weighted by Gasteiger charge is -2.12. The van der Waals surface area contributed by atoms with E-state index in [1.165, 1.54) is 31.2 Å². The van der Waals surface area contributed by atoms with Crippen LogP contribution >= 0.6 is 0 Å². The largest absolute Gasteiger partial charge is 0.454 e. The summed E-state index contributed by atoms with van der Waals surface area (Å²) in [5.74, 6) is -0.245. The zero-order chi connectivity index (χ0) is 20.1. The lowest BCUT2D eigenvalue weighted by molar-refractivity contribution is -0.385. The van der Waals surface area contributed by atoms with Crippen molar-refractivity contribution in [1.82, 2.24) is 0 Å². The van der Waals surface area contributed by atoms with Crippen molar-refractivity contribution < 1.29 is 28.7 Å². The van der Waals surface area contributed by atoms with Crippen LogP contribution in [-0.2, 0) is 14.3 Å². The number of nitro benzene ring substituents is 1. The molecule has 0 bridgehead atoms. The number of nitro groups is 1. The van der Waals surface area contributed by atoms with Crippen LogP contribution in [0, 0.1) is 10.1 Å². The molecule has 9 heteroatoms. The van der Waals surface area contributed by atoms with Crippen molar-refractivity contribution in [3.63, 3.8) is 0 Å². The molecule has 0 spiro atoms. The fourth-order valence-electron chi connectivity index (χ4n) is 2.44. The molecule has 2 aromatic rings. The van der Waals surface area contributed by atoms with E-state index in [0.717, 1.165) is 6.08 Å². The van der Waals surface area contributed by atoms with E-state index in [0.29, 0.717) is 17.2 Å². The molecule has 28 heavy (non-hydrogen) atoms. The molecule has 0 aliphatic carbocycles. The molecule has 1 aliphatic heterocycles. The van der Waals surface area contributed by atoms with Gasteiger partial charge in [0, 0.05) is 23.9 Å². The maximum atomic E-state index is 12.2. The Kier molecular flexibility index (Phi) is 5.54. The molecule has 0 saturated carbocycles. The van der Waals surface area contributed by atoms with Gasteiger partial charge in [-0.2, -0.15) is 0 Å². The number of hydrogen-bond acceptors (Lipinski definition) is 7. The predicted molar refractivity (Wildman–Crippen MR) is 98.9 cm³/mol. The fourth-order valence-corrected chi connectivity index (χ4v) is 2.44. The van der Waals surface area contributed by atoms with Crippen LogP contribution in [0.5, 0.6) is 11.5 Å². The van der Waals surface area contributed by atoms with E-state index < -0.39 is 22.9 Å². The SMILES string of the molecule is C[C@@H](OC(=O)/C=C/c1ccccc1[N+](=O)[O-])C(=O)Nc1ccc2c(c1)OCO2. The number of anilines is 1. The Morgan fingerprint density at radius 3 is 2.75 bits per heavy atom. The molecule has 1 aliphatic rings. The first-order chi connectivity index (χ1) is 13.4. The van der Waals surface area contributed by atoms with E-state index in [4.69, 9.17) is 14.2 Å². The fraction of sp³-hybridized carbons (Fsp3) is 0.158. The van der Waals surface area contributed by atoms with Crippen LogP contribution in [0.3, 0.4) is 0 Å². The number of hydrogen-bond donors (Lipinski definition) is 1. The van der Waals surface area contributed by atoms with Gasteiger partial charge < -0.3 is 19.5 Å². The quantitative estimate of drug-likeness (QED) is 0.352. The van der Waals surface area contributed by atoms with Crippen LogP contribution < -0.4 is 14.8 Å². The highest BCUT2D eigenvalue weighted by Gasteiger charge is 2.19. The van der Waals surface area contributed by atoms with E-state index in [2.05, 4.69) is 5.32 Å². The Hall–Kier alpha value is -3.88. The molecule has 1 N–H and O–H groups in total. The topological polar surface area (TPSA) is 117 Å². The molecule has 1 heterocycles. The normalized spacial score (nSPS) is 13.2. The molecule has 3 rings (SSSR count). The number of carbonyl (C=O) groups excluding carboxylic acids is 2. The molecule has 0 radical (unpaired) electrons. The second-order valence-corrected chi connectivity index (χ2v) is 5.79. The summed E-state index contributed by atoms with van der Waals surface area (Å²) in [7, 11) is 0. The Morgan fingerprint density at radius 2 is 1.96 bits per heavy atom. The van der Waals surface area contributed by atoms with Gasteiger partial charge in [0.1, 0.15) is 0 Å². The summed E-state index contributed by atoms with van der Waals surface area (Å²) in [4.78, 5) is 34.5. The zero-order valence-corrected chi connectivity index (χ0v) is 14.8. The summed E-state index contributed by atoms with van der Waals surface area (Å²) in [5.41, 5.74) is 0.578. The van der Waals surface area contributed by atoms with Crippen molar-refractivity contribution in [1.29, 1.82) is 0 Å². The van der Waals surface area contributed by atoms with E-state index in [1.54, 1.807) is 24.3 Å². The Bertz CT molecular complexity index is 955. The maximum Gasteiger partial charge on any atom is 0.331 e. The monoisotopic (exact) mass is 384 g/mol. The average Bonchev–Trinajstić information content (AvgIpc) is 3.14. The third-order valence-electron chi connectivity index (χ3n) is 3.83. The zero-order valence-electron chi connectivity index (χ0n) is 14.8. The first kappa shape index (κ1) is 18.9. The number of amides is 1. The standard InChI is InChI=1S/C19H16N2O7/c1-12(19(23)20-14-7-8-16-17(10-14)27-11-26-16)28-18(22)9-6-13-4-2-3-5-15(13)21(24)25/h2-10,12H,11H2,1H3,(H,20,23)/b9-6+/t12-/m1/s1. The molecular formula is C19H16N2O7. The second kappa shape index (κ2) is 8.21. The molecule has 0 aromatic heterocycles. The van der Waals surface area contributed by atoms with E-state index in [9.17, 15) is 19.7 Å². The molecule has 0 unspecified atom stereocenters. The van der Waals surface area contributed by atoms with Gasteiger partial charge in [0.2, 0.25) is 6.79 Å². The third-order valence-corrected chi connectivity index (χ3v) is 3.83. The van der Waals surface area contributed by atoms with Gasteiger partial charge >= 0.3 is 5.97 Å². The summed E-state index contributed by atoms with van der Waals surface area (Å²) in [6, 6.07) is 10.8. The summed E-state index contributed by atoms with van der Waals surface area (Å²) < 4.78 is 15.5. The van der Waals surface area contributed by atoms with Gasteiger partial charge in [-0.3, -0.25) is 14.9 Å². The van der Waals surface area contributed by atoms with E-state index in [1.807, 2.05) is 0 Å². The van der Waals surface area contributed by atoms with Crippen molar-refractivity contribution in [2.75, 3.05) is 12.1 Å². The van der Waals surface area contributed by atoms with Gasteiger partial charge in [-0.15, -0.1) is 0 Å². The summed E-state index contributed by atoms with van der Waals surface area (Å²) in [5, 5.41) is 13.6. The molecule has 1 amide bonds. The smallest absolute Gasteiger partial charge is 0.331 e. The number of esters is 1. The lowest BCUT2D eigenvalue weighted by Crippen LogP contribution is -2.29. The highest BCUT2D eigenvalue weighted by Crippen LogP contribution is 2.34. The minimum Gasteiger partial charge on any atom is -0.454 e. The Labute approximate surface area is 159 Å². The van der Waals surface area contributed by atoms with Gasteiger partial charge in [0.15, 0.2) is 17.6 Å². The van der Waals surface area contributed by atoms with Crippen molar-refractivity contribution in [2.45, 2.75) is 13.0 Å². The van der Waals surface area contributed by atoms with Crippen LogP contribution in [0.4, 0.5) is 11.4 Å². The van der Waals surface area contributed by atoms with Crippen LogP contribution in [0.25, 0.3) is 6.08 Å². The summed E-state index contributed by atoms with van der Waals surface area (Å²) in [6.45, 7) is 1.53. The molecule has 144 valence electrons. The number of para-hydroxylation sites is 1. The molecule has 0 saturated heterocycles. The number of nitrogens with zero attached hydrogens (tertiary/aromatic N) is 1. The van der Waals surface area contributed by atoms with Crippen LogP contribution in [0.2, 0.25) is 0 Å². The second-order valence-electron chi connectivity index (χ2n) is 5.79. The molecule has 9 nitrogen and oxygen atoms in total. The van der Waals surface area contributed by atoms with Crippen LogP contribution in [-0.4, -0.2) is 29.7 Å². The Balaban J connectivity index is 1.58. The predicted octanol–water partition coefficient (Wildman–Crippen LogP) is 2.91. The van der Waals surface area contributed by atoms with Gasteiger partial charge in [-0.1, -0.05) is 12.1 Å². The first-order valence-corrected chi connectivity index (χ1v) is 8.26. The number of fused-ring (bicyclic) bond motifs is 1. The highest BCUT2D eigenvalue weighted by molar-refractivity contribution is 5.97. The third kappa shape index (κ3) is 4.44. The van der Waals surface area contributed by atoms with Gasteiger partial charge in [0.05, 0.1) is 10.5 Å². The van der Waals surface area contributed by atoms with Crippen LogP contribution in [0.1, 0.15) is 12.5 Å². The van der Waals surface area contributed by atoms with Crippen molar-refractivity contribution in [2.24, 2.45) is 0 Å². The number of carbonyl (C=O) groups is 2. The average molecular weight is 384 g/mol. The number of benzene rings is 2. The summed E-state index contributed by atoms with van der Waals surface area (Å²) in [6.07, 6.45) is 1.23. The minimum atomic E-state index is -1.08. The van der Waals surface area contributed by atoms with Crippen molar-refractivity contribution in [3.05, 3.63) is 64.2 Å². The number of nitrogens with one attached hydrogen (secondary N) is 1.